The molecule has 0 unspecified atom stereocenters. The fourth-order valence-electron chi connectivity index (χ4n) is 1.87. The summed E-state index contributed by atoms with van der Waals surface area (Å²) in [7, 11) is 0. The molecular formula is C12H14F3N3O2. The number of hydrogen-bond donors (Lipinski definition) is 2. The lowest BCUT2D eigenvalue weighted by Gasteiger charge is -2.28. The highest BCUT2D eigenvalue weighted by Crippen LogP contribution is 2.19. The molecule has 5 nitrogen and oxygen atoms in total. The van der Waals surface area contributed by atoms with Crippen molar-refractivity contribution in [1.29, 1.82) is 0 Å². The first-order valence-corrected chi connectivity index (χ1v) is 6.03. The highest BCUT2D eigenvalue weighted by Gasteiger charge is 2.29. The van der Waals surface area contributed by atoms with E-state index in [1.807, 2.05) is 0 Å². The van der Waals surface area contributed by atoms with E-state index in [2.05, 4.69) is 10.2 Å². The fraction of sp³-hybridized carbons (Fsp3) is 0.417. The van der Waals surface area contributed by atoms with E-state index in [-0.39, 0.29) is 0 Å². The van der Waals surface area contributed by atoms with Crippen LogP contribution in [-0.2, 0) is 4.74 Å². The Kier molecular flexibility index (Phi) is 4.33. The first kappa shape index (κ1) is 14.4. The molecule has 0 aliphatic carbocycles. The van der Waals surface area contributed by atoms with E-state index in [9.17, 15) is 18.0 Å². The SMILES string of the molecule is O=C(Nc1ccc(N2CCOCC2)cc1)NC(F)(F)F. The number of alkyl halides is 3. The third-order valence-corrected chi connectivity index (χ3v) is 2.76. The summed E-state index contributed by atoms with van der Waals surface area (Å²) in [5, 5.41) is 2.98. The van der Waals surface area contributed by atoms with Gasteiger partial charge in [-0.2, -0.15) is 13.2 Å². The van der Waals surface area contributed by atoms with Gasteiger partial charge in [-0.25, -0.2) is 10.1 Å². The van der Waals surface area contributed by atoms with Crippen LogP contribution in [0.1, 0.15) is 0 Å². The van der Waals surface area contributed by atoms with Crippen LogP contribution >= 0.6 is 0 Å². The van der Waals surface area contributed by atoms with E-state index in [1.165, 1.54) is 0 Å². The Morgan fingerprint density at radius 3 is 2.30 bits per heavy atom. The molecule has 2 amide bonds. The minimum Gasteiger partial charge on any atom is -0.378 e. The van der Waals surface area contributed by atoms with Crippen LogP contribution in [0.2, 0.25) is 0 Å². The minimum atomic E-state index is -4.74. The van der Waals surface area contributed by atoms with Crippen molar-refractivity contribution in [3.05, 3.63) is 24.3 Å². The zero-order valence-corrected chi connectivity index (χ0v) is 10.5. The average molecular weight is 289 g/mol. The second-order valence-corrected chi connectivity index (χ2v) is 4.22. The van der Waals surface area contributed by atoms with Crippen LogP contribution in [0.3, 0.4) is 0 Å². The third kappa shape index (κ3) is 4.30. The predicted molar refractivity (Wildman–Crippen MR) is 67.7 cm³/mol. The second kappa shape index (κ2) is 6.00. The number of anilines is 2. The number of nitrogens with zero attached hydrogens (tertiary/aromatic N) is 1. The molecule has 20 heavy (non-hydrogen) atoms. The van der Waals surface area contributed by atoms with Gasteiger partial charge in [-0.15, -0.1) is 0 Å². The molecule has 0 radical (unpaired) electrons. The highest BCUT2D eigenvalue weighted by atomic mass is 19.4. The van der Waals surface area contributed by atoms with E-state index < -0.39 is 12.3 Å². The Bertz CT molecular complexity index is 456. The topological polar surface area (TPSA) is 53.6 Å². The summed E-state index contributed by atoms with van der Waals surface area (Å²) in [5.41, 5.74) is 1.24. The van der Waals surface area contributed by atoms with Crippen LogP contribution in [0.25, 0.3) is 0 Å². The monoisotopic (exact) mass is 289 g/mol. The normalized spacial score (nSPS) is 15.8. The van der Waals surface area contributed by atoms with Crippen molar-refractivity contribution in [2.45, 2.75) is 6.30 Å². The van der Waals surface area contributed by atoms with E-state index in [0.29, 0.717) is 18.9 Å². The number of halogens is 3. The van der Waals surface area contributed by atoms with Crippen molar-refractivity contribution in [1.82, 2.24) is 5.32 Å². The lowest BCUT2D eigenvalue weighted by atomic mass is 10.2. The van der Waals surface area contributed by atoms with Crippen LogP contribution in [0.5, 0.6) is 0 Å². The summed E-state index contributed by atoms with van der Waals surface area (Å²) in [4.78, 5) is 13.1. The predicted octanol–water partition coefficient (Wildman–Crippen LogP) is 2.16. The molecule has 110 valence electrons. The lowest BCUT2D eigenvalue weighted by Crippen LogP contribution is -2.40. The van der Waals surface area contributed by atoms with Gasteiger partial charge in [0.05, 0.1) is 13.2 Å². The number of hydrogen-bond acceptors (Lipinski definition) is 3. The third-order valence-electron chi connectivity index (χ3n) is 2.76. The number of morpholine rings is 1. The minimum absolute atomic E-state index is 0.295. The summed E-state index contributed by atoms with van der Waals surface area (Å²) in [5.74, 6) is 0. The first-order chi connectivity index (χ1) is 9.44. The number of carbonyl (C=O) groups is 1. The summed E-state index contributed by atoms with van der Waals surface area (Å²) in [6, 6.07) is 5.29. The number of ether oxygens (including phenoxy) is 1. The smallest absolute Gasteiger partial charge is 0.378 e. The van der Waals surface area contributed by atoms with Crippen LogP contribution in [0, 0.1) is 0 Å². The Labute approximate surface area is 113 Å². The quantitative estimate of drug-likeness (QED) is 0.820. The van der Waals surface area contributed by atoms with Gasteiger partial charge < -0.3 is 15.0 Å². The van der Waals surface area contributed by atoms with Gasteiger partial charge in [-0.3, -0.25) is 0 Å². The largest absolute Gasteiger partial charge is 0.485 e. The molecule has 0 bridgehead atoms. The lowest BCUT2D eigenvalue weighted by molar-refractivity contribution is -0.144. The molecule has 0 atom stereocenters. The maximum absolute atomic E-state index is 11.9. The maximum atomic E-state index is 11.9. The summed E-state index contributed by atoms with van der Waals surface area (Å²) < 4.78 is 41.0. The number of carbonyl (C=O) groups excluding carboxylic acids is 1. The molecule has 1 aliphatic heterocycles. The molecule has 2 N–H and O–H groups in total. The Morgan fingerprint density at radius 2 is 1.75 bits per heavy atom. The highest BCUT2D eigenvalue weighted by molar-refractivity contribution is 5.89. The maximum Gasteiger partial charge on any atom is 0.485 e. The van der Waals surface area contributed by atoms with Gasteiger partial charge >= 0.3 is 12.3 Å². The molecule has 1 aromatic carbocycles. The van der Waals surface area contributed by atoms with E-state index in [1.54, 1.807) is 24.3 Å². The fourth-order valence-corrected chi connectivity index (χ4v) is 1.87. The van der Waals surface area contributed by atoms with Crippen molar-refractivity contribution in [2.24, 2.45) is 0 Å². The van der Waals surface area contributed by atoms with Crippen LogP contribution in [0.4, 0.5) is 29.3 Å². The van der Waals surface area contributed by atoms with Crippen LogP contribution in [0.15, 0.2) is 24.3 Å². The molecule has 1 fully saturated rings. The van der Waals surface area contributed by atoms with E-state index >= 15 is 0 Å². The molecule has 1 aliphatic rings. The first-order valence-electron chi connectivity index (χ1n) is 6.03. The molecular weight excluding hydrogens is 275 g/mol. The standard InChI is InChI=1S/C12H14F3N3O2/c13-12(14,15)17-11(19)16-9-1-3-10(4-2-9)18-5-7-20-8-6-18/h1-4H,5-8H2,(H2,16,17,19). The molecule has 0 saturated carbocycles. The number of benzene rings is 1. The average Bonchev–Trinajstić information content (AvgIpc) is 2.38. The molecule has 1 saturated heterocycles. The zero-order chi connectivity index (χ0) is 14.6. The van der Waals surface area contributed by atoms with Gasteiger partial charge in [0.1, 0.15) is 0 Å². The van der Waals surface area contributed by atoms with Crippen molar-refractivity contribution < 1.29 is 22.7 Å². The second-order valence-electron chi connectivity index (χ2n) is 4.22. The molecule has 0 spiro atoms. The van der Waals surface area contributed by atoms with Crippen molar-refractivity contribution in [3.63, 3.8) is 0 Å². The Morgan fingerprint density at radius 1 is 1.15 bits per heavy atom. The number of rotatable bonds is 2. The Balaban J connectivity index is 1.92. The van der Waals surface area contributed by atoms with Crippen molar-refractivity contribution >= 4 is 17.4 Å². The van der Waals surface area contributed by atoms with Gasteiger partial charge in [0, 0.05) is 24.5 Å². The molecule has 8 heteroatoms. The van der Waals surface area contributed by atoms with Crippen molar-refractivity contribution in [3.8, 4) is 0 Å². The van der Waals surface area contributed by atoms with E-state index in [4.69, 9.17) is 4.74 Å². The van der Waals surface area contributed by atoms with Gasteiger partial charge in [0.25, 0.3) is 0 Å². The van der Waals surface area contributed by atoms with Gasteiger partial charge in [0.15, 0.2) is 0 Å². The number of amides is 2. The number of urea groups is 1. The summed E-state index contributed by atoms with van der Waals surface area (Å²) >= 11 is 0. The van der Waals surface area contributed by atoms with Gasteiger partial charge in [-0.1, -0.05) is 0 Å². The number of nitrogens with one attached hydrogen (secondary N) is 2. The van der Waals surface area contributed by atoms with Gasteiger partial charge in [0.2, 0.25) is 0 Å². The molecule has 1 aromatic rings. The van der Waals surface area contributed by atoms with Crippen LogP contribution in [-0.4, -0.2) is 38.6 Å². The Hall–Kier alpha value is -1.96. The molecule has 0 aromatic heterocycles. The van der Waals surface area contributed by atoms with Crippen molar-refractivity contribution in [2.75, 3.05) is 36.5 Å². The molecule has 1 heterocycles. The summed E-state index contributed by atoms with van der Waals surface area (Å²) in [6.45, 7) is 2.82. The molecule has 2 rings (SSSR count). The van der Waals surface area contributed by atoms with E-state index in [0.717, 1.165) is 24.1 Å². The van der Waals surface area contributed by atoms with Crippen LogP contribution < -0.4 is 15.5 Å². The zero-order valence-electron chi connectivity index (χ0n) is 10.5. The van der Waals surface area contributed by atoms with Gasteiger partial charge in [-0.05, 0) is 24.3 Å². The summed E-state index contributed by atoms with van der Waals surface area (Å²) in [6.07, 6.45) is -4.74.